The van der Waals surface area contributed by atoms with Gasteiger partial charge in [0.15, 0.2) is 0 Å². The van der Waals surface area contributed by atoms with Crippen molar-refractivity contribution < 1.29 is 14.3 Å². The van der Waals surface area contributed by atoms with Gasteiger partial charge >= 0.3 is 5.97 Å². The second-order valence-electron chi connectivity index (χ2n) is 12.9. The van der Waals surface area contributed by atoms with E-state index in [0.717, 1.165) is 50.4 Å². The first kappa shape index (κ1) is 25.2. The van der Waals surface area contributed by atoms with E-state index in [2.05, 4.69) is 27.7 Å². The average Bonchev–Trinajstić information content (AvgIpc) is 3.12. The van der Waals surface area contributed by atoms with Crippen LogP contribution in [0.1, 0.15) is 130 Å². The number of hydrogen-bond donors (Lipinski definition) is 0. The van der Waals surface area contributed by atoms with E-state index in [0.29, 0.717) is 23.0 Å². The van der Waals surface area contributed by atoms with Gasteiger partial charge in [0.1, 0.15) is 11.9 Å². The fraction of sp³-hybridized carbons (Fsp3) is 0.933. The number of unbranched alkanes of at least 4 members (excludes halogenated alkanes) is 5. The molecule has 0 aromatic carbocycles. The summed E-state index contributed by atoms with van der Waals surface area (Å²) in [4.78, 5) is 25.1. The maximum atomic E-state index is 13.0. The molecule has 188 valence electrons. The maximum Gasteiger partial charge on any atom is 0.308 e. The summed E-state index contributed by atoms with van der Waals surface area (Å²) in [7, 11) is 0. The molecular weight excluding hydrogens is 408 g/mol. The molecule has 0 saturated heterocycles. The van der Waals surface area contributed by atoms with Crippen molar-refractivity contribution >= 4 is 11.8 Å². The summed E-state index contributed by atoms with van der Waals surface area (Å²) in [6.07, 6.45) is 18.7. The van der Waals surface area contributed by atoms with Crippen LogP contribution in [-0.2, 0) is 14.3 Å². The van der Waals surface area contributed by atoms with E-state index < -0.39 is 0 Å². The normalized spacial score (nSPS) is 41.1. The van der Waals surface area contributed by atoms with Crippen LogP contribution in [0.5, 0.6) is 0 Å². The standard InChI is InChI=1S/C30H50O3/c1-5-6-7-8-9-10-11-21(2)28(32)33-27-15-14-25-24-13-12-22-20-23(31)16-18-29(22,3)26(24)17-19-30(25,27)4/h21-22,24-27H,5-20H2,1-4H3/t21?,22?,24-,25-,26-,27-,29-,30-/m0/s1. The molecule has 3 nitrogen and oxygen atoms in total. The Balaban J connectivity index is 1.32. The van der Waals surface area contributed by atoms with E-state index in [1.165, 1.54) is 64.2 Å². The molecule has 0 N–H and O–H groups in total. The van der Waals surface area contributed by atoms with E-state index in [9.17, 15) is 9.59 Å². The van der Waals surface area contributed by atoms with Crippen LogP contribution in [0.4, 0.5) is 0 Å². The van der Waals surface area contributed by atoms with Gasteiger partial charge in [0.05, 0.1) is 5.92 Å². The molecule has 0 bridgehead atoms. The zero-order chi connectivity index (χ0) is 23.6. The van der Waals surface area contributed by atoms with Gasteiger partial charge < -0.3 is 4.74 Å². The Hall–Kier alpha value is -0.860. The molecule has 4 saturated carbocycles. The number of carbonyl (C=O) groups excluding carboxylic acids is 2. The van der Waals surface area contributed by atoms with Gasteiger partial charge in [-0.05, 0) is 80.5 Å². The van der Waals surface area contributed by atoms with Crippen LogP contribution in [0.2, 0.25) is 0 Å². The highest BCUT2D eigenvalue weighted by molar-refractivity contribution is 5.79. The molecule has 4 aliphatic carbocycles. The summed E-state index contributed by atoms with van der Waals surface area (Å²) in [5.41, 5.74) is 0.517. The molecule has 33 heavy (non-hydrogen) atoms. The van der Waals surface area contributed by atoms with Crippen molar-refractivity contribution in [3.8, 4) is 0 Å². The third-order valence-corrected chi connectivity index (χ3v) is 11.0. The molecule has 4 rings (SSSR count). The van der Waals surface area contributed by atoms with Gasteiger partial charge in [-0.25, -0.2) is 0 Å². The Labute approximate surface area is 203 Å². The number of ether oxygens (including phenoxy) is 1. The van der Waals surface area contributed by atoms with Crippen molar-refractivity contribution in [1.29, 1.82) is 0 Å². The molecule has 4 fully saturated rings. The molecule has 0 aromatic rings. The topological polar surface area (TPSA) is 43.4 Å². The van der Waals surface area contributed by atoms with E-state index in [1.807, 2.05) is 0 Å². The minimum atomic E-state index is 0.0317. The lowest BCUT2D eigenvalue weighted by Crippen LogP contribution is -2.54. The monoisotopic (exact) mass is 458 g/mol. The average molecular weight is 459 g/mol. The molecule has 8 atom stereocenters. The second-order valence-corrected chi connectivity index (χ2v) is 12.9. The molecule has 0 radical (unpaired) electrons. The van der Waals surface area contributed by atoms with Crippen molar-refractivity contribution in [2.75, 3.05) is 0 Å². The summed E-state index contributed by atoms with van der Waals surface area (Å²) in [5.74, 6) is 3.43. The molecule has 2 unspecified atom stereocenters. The number of esters is 1. The van der Waals surface area contributed by atoms with Crippen LogP contribution in [0.25, 0.3) is 0 Å². The van der Waals surface area contributed by atoms with Crippen molar-refractivity contribution in [1.82, 2.24) is 0 Å². The van der Waals surface area contributed by atoms with Crippen LogP contribution >= 0.6 is 0 Å². The largest absolute Gasteiger partial charge is 0.462 e. The van der Waals surface area contributed by atoms with Gasteiger partial charge in [-0.15, -0.1) is 0 Å². The Bertz CT molecular complexity index is 701. The minimum absolute atomic E-state index is 0.0317. The Morgan fingerprint density at radius 3 is 2.45 bits per heavy atom. The van der Waals surface area contributed by atoms with Gasteiger partial charge in [-0.1, -0.05) is 66.2 Å². The molecule has 0 spiro atoms. The van der Waals surface area contributed by atoms with Crippen molar-refractivity contribution in [2.24, 2.45) is 40.4 Å². The highest BCUT2D eigenvalue weighted by Crippen LogP contribution is 2.66. The third kappa shape index (κ3) is 4.94. The summed E-state index contributed by atoms with van der Waals surface area (Å²) >= 11 is 0. The number of rotatable bonds is 9. The third-order valence-electron chi connectivity index (χ3n) is 11.0. The summed E-state index contributed by atoms with van der Waals surface area (Å²) in [6.45, 7) is 9.28. The first-order valence-corrected chi connectivity index (χ1v) is 14.5. The molecule has 0 aromatic heterocycles. The Morgan fingerprint density at radius 2 is 1.67 bits per heavy atom. The molecule has 0 heterocycles. The van der Waals surface area contributed by atoms with E-state index in [-0.39, 0.29) is 23.4 Å². The fourth-order valence-electron chi connectivity index (χ4n) is 8.80. The summed E-state index contributed by atoms with van der Waals surface area (Å²) in [5, 5.41) is 0. The predicted octanol–water partition coefficient (Wildman–Crippen LogP) is 7.90. The Kier molecular flexibility index (Phi) is 7.96. The Morgan fingerprint density at radius 1 is 0.939 bits per heavy atom. The van der Waals surface area contributed by atoms with Crippen LogP contribution in [0.15, 0.2) is 0 Å². The molecule has 3 heteroatoms. The molecule has 4 aliphatic rings. The van der Waals surface area contributed by atoms with Gasteiger partial charge in [0.2, 0.25) is 0 Å². The smallest absolute Gasteiger partial charge is 0.308 e. The van der Waals surface area contributed by atoms with Gasteiger partial charge in [0.25, 0.3) is 0 Å². The van der Waals surface area contributed by atoms with E-state index in [4.69, 9.17) is 4.74 Å². The highest BCUT2D eigenvalue weighted by Gasteiger charge is 2.61. The first-order chi connectivity index (χ1) is 15.8. The van der Waals surface area contributed by atoms with Gasteiger partial charge in [-0.3, -0.25) is 9.59 Å². The number of ketones is 1. The van der Waals surface area contributed by atoms with E-state index in [1.54, 1.807) is 0 Å². The lowest BCUT2D eigenvalue weighted by Gasteiger charge is -2.60. The fourth-order valence-corrected chi connectivity index (χ4v) is 8.80. The number of carbonyl (C=O) groups is 2. The van der Waals surface area contributed by atoms with Crippen molar-refractivity contribution in [2.45, 2.75) is 137 Å². The van der Waals surface area contributed by atoms with Crippen LogP contribution < -0.4 is 0 Å². The van der Waals surface area contributed by atoms with Crippen LogP contribution in [-0.4, -0.2) is 17.9 Å². The van der Waals surface area contributed by atoms with Crippen molar-refractivity contribution in [3.63, 3.8) is 0 Å². The number of fused-ring (bicyclic) bond motifs is 5. The SMILES string of the molecule is CCCCCCCCC(C)C(=O)O[C@H]1CC[C@H]2[C@@H]3CCC4CC(=O)CC[C@]4(C)[C@H]3CC[C@]12C. The predicted molar refractivity (Wildman–Crippen MR) is 134 cm³/mol. The molecule has 0 aliphatic heterocycles. The molecular formula is C30H50O3. The van der Waals surface area contributed by atoms with Crippen molar-refractivity contribution in [3.05, 3.63) is 0 Å². The maximum absolute atomic E-state index is 13.0. The quantitative estimate of drug-likeness (QED) is 0.260. The number of Topliss-reactive ketones (excluding diaryl/α,β-unsaturated/α-hetero) is 1. The minimum Gasteiger partial charge on any atom is -0.462 e. The van der Waals surface area contributed by atoms with Gasteiger partial charge in [0, 0.05) is 18.3 Å². The van der Waals surface area contributed by atoms with Gasteiger partial charge in [-0.2, -0.15) is 0 Å². The second kappa shape index (κ2) is 10.4. The number of hydrogen-bond acceptors (Lipinski definition) is 3. The lowest BCUT2D eigenvalue weighted by atomic mass is 9.45. The summed E-state index contributed by atoms with van der Waals surface area (Å²) in [6, 6.07) is 0. The zero-order valence-corrected chi connectivity index (χ0v) is 22.0. The first-order valence-electron chi connectivity index (χ1n) is 14.5. The highest BCUT2D eigenvalue weighted by atomic mass is 16.5. The zero-order valence-electron chi connectivity index (χ0n) is 22.0. The lowest BCUT2D eigenvalue weighted by molar-refractivity contribution is -0.168. The van der Waals surface area contributed by atoms with Crippen LogP contribution in [0, 0.1) is 40.4 Å². The van der Waals surface area contributed by atoms with E-state index >= 15 is 0 Å². The molecule has 0 amide bonds. The summed E-state index contributed by atoms with van der Waals surface area (Å²) < 4.78 is 6.28. The van der Waals surface area contributed by atoms with Crippen LogP contribution in [0.3, 0.4) is 0 Å².